The van der Waals surface area contributed by atoms with Gasteiger partial charge in [0.2, 0.25) is 0 Å². The third-order valence-electron chi connectivity index (χ3n) is 4.68. The molecule has 186 valence electrons. The highest BCUT2D eigenvalue weighted by Crippen LogP contribution is 2.28. The molecule has 0 aliphatic heterocycles. The van der Waals surface area contributed by atoms with Gasteiger partial charge in [0.1, 0.15) is 23.7 Å². The van der Waals surface area contributed by atoms with Crippen LogP contribution in [0.15, 0.2) is 48.8 Å². The summed E-state index contributed by atoms with van der Waals surface area (Å²) >= 11 is 0. The summed E-state index contributed by atoms with van der Waals surface area (Å²) in [6.07, 6.45) is -2.64. The molecule has 2 aromatic heterocycles. The molecule has 3 rings (SSSR count). The maximum Gasteiger partial charge on any atom is 0.417 e. The van der Waals surface area contributed by atoms with Gasteiger partial charge in [0.25, 0.3) is 5.91 Å². The highest BCUT2D eigenvalue weighted by Gasteiger charge is 2.31. The number of aromatic nitrogens is 3. The Kier molecular flexibility index (Phi) is 8.29. The van der Waals surface area contributed by atoms with Crippen LogP contribution in [0.5, 0.6) is 11.5 Å². The zero-order chi connectivity index (χ0) is 25.4. The Morgan fingerprint density at radius 3 is 2.31 bits per heavy atom. The van der Waals surface area contributed by atoms with Gasteiger partial charge in [-0.25, -0.2) is 14.5 Å². The fraction of sp³-hybridized carbons (Fsp3) is 0.304. The summed E-state index contributed by atoms with van der Waals surface area (Å²) in [7, 11) is 0. The third kappa shape index (κ3) is 6.95. The van der Waals surface area contributed by atoms with Gasteiger partial charge in [-0.1, -0.05) is 0 Å². The summed E-state index contributed by atoms with van der Waals surface area (Å²) in [5, 5.41) is 6.54. The molecule has 0 spiro atoms. The van der Waals surface area contributed by atoms with Gasteiger partial charge < -0.3 is 19.5 Å². The molecular weight excluding hydrogens is 469 g/mol. The Labute approximate surface area is 198 Å². The largest absolute Gasteiger partial charge is 0.494 e. The summed E-state index contributed by atoms with van der Waals surface area (Å²) in [6.45, 7) is 3.86. The number of rotatable bonds is 10. The fourth-order valence-corrected chi connectivity index (χ4v) is 2.94. The fourth-order valence-electron chi connectivity index (χ4n) is 2.94. The van der Waals surface area contributed by atoms with Crippen LogP contribution in [0.4, 0.5) is 13.2 Å². The summed E-state index contributed by atoms with van der Waals surface area (Å²) in [4.78, 5) is 28.0. The maximum atomic E-state index is 12.7. The highest BCUT2D eigenvalue weighted by atomic mass is 19.4. The van der Waals surface area contributed by atoms with Crippen LogP contribution in [-0.2, 0) is 15.7 Å². The van der Waals surface area contributed by atoms with Gasteiger partial charge in [0.05, 0.1) is 30.6 Å². The number of ether oxygens (including phenoxy) is 3. The van der Waals surface area contributed by atoms with Crippen LogP contribution < -0.4 is 14.8 Å². The van der Waals surface area contributed by atoms with Crippen molar-refractivity contribution in [2.24, 2.45) is 0 Å². The van der Waals surface area contributed by atoms with E-state index in [1.165, 1.54) is 17.8 Å². The Morgan fingerprint density at radius 1 is 1.03 bits per heavy atom. The van der Waals surface area contributed by atoms with E-state index in [4.69, 9.17) is 14.2 Å². The van der Waals surface area contributed by atoms with Crippen LogP contribution in [0, 0.1) is 6.92 Å². The summed E-state index contributed by atoms with van der Waals surface area (Å²) < 4.78 is 55.2. The second-order valence-corrected chi connectivity index (χ2v) is 7.14. The molecule has 1 aromatic carbocycles. The van der Waals surface area contributed by atoms with Gasteiger partial charge in [-0.15, -0.1) is 0 Å². The lowest BCUT2D eigenvalue weighted by Gasteiger charge is -2.09. The molecule has 12 heteroatoms. The molecule has 3 aromatic rings. The van der Waals surface area contributed by atoms with E-state index in [1.54, 1.807) is 24.3 Å². The number of amides is 1. The molecule has 0 saturated heterocycles. The van der Waals surface area contributed by atoms with Crippen LogP contribution in [-0.4, -0.2) is 53.0 Å². The molecule has 1 N–H and O–H groups in total. The summed E-state index contributed by atoms with van der Waals surface area (Å²) in [5.41, 5.74) is -0.550. The maximum absolute atomic E-state index is 12.7. The molecule has 9 nitrogen and oxygen atoms in total. The first-order valence-electron chi connectivity index (χ1n) is 10.6. The van der Waals surface area contributed by atoms with E-state index in [-0.39, 0.29) is 24.5 Å². The SMILES string of the molecule is CCOc1ccc(OCCNC(=O)COC(=O)c2cnn(-c3ccc(C(F)(F)F)cn3)c2C)cc1. The minimum atomic E-state index is -4.51. The number of nitrogens with one attached hydrogen (secondary N) is 1. The van der Waals surface area contributed by atoms with Crippen molar-refractivity contribution < 1.29 is 37.0 Å². The Morgan fingerprint density at radius 2 is 1.71 bits per heavy atom. The number of hydrogen-bond donors (Lipinski definition) is 1. The summed E-state index contributed by atoms with van der Waals surface area (Å²) in [5.74, 6) is 0.111. The van der Waals surface area contributed by atoms with Crippen LogP contribution in [0.25, 0.3) is 5.82 Å². The zero-order valence-corrected chi connectivity index (χ0v) is 19.0. The average molecular weight is 492 g/mol. The van der Waals surface area contributed by atoms with Gasteiger partial charge in [-0.05, 0) is 50.2 Å². The first-order valence-corrected chi connectivity index (χ1v) is 10.6. The van der Waals surface area contributed by atoms with Crippen molar-refractivity contribution in [3.05, 3.63) is 65.6 Å². The van der Waals surface area contributed by atoms with Gasteiger partial charge in [0, 0.05) is 6.20 Å². The molecule has 0 fully saturated rings. The van der Waals surface area contributed by atoms with Gasteiger partial charge >= 0.3 is 12.1 Å². The van der Waals surface area contributed by atoms with Gasteiger partial charge in [-0.2, -0.15) is 18.3 Å². The number of esters is 1. The quantitative estimate of drug-likeness (QED) is 0.342. The number of alkyl halides is 3. The minimum Gasteiger partial charge on any atom is -0.494 e. The molecule has 2 heterocycles. The molecule has 35 heavy (non-hydrogen) atoms. The van der Waals surface area contributed by atoms with Crippen LogP contribution in [0.3, 0.4) is 0 Å². The van der Waals surface area contributed by atoms with Crippen LogP contribution >= 0.6 is 0 Å². The molecule has 0 aliphatic carbocycles. The van der Waals surface area contributed by atoms with Gasteiger partial charge in [-0.3, -0.25) is 4.79 Å². The van der Waals surface area contributed by atoms with Crippen LogP contribution in [0.1, 0.15) is 28.5 Å². The van der Waals surface area contributed by atoms with Crippen molar-refractivity contribution in [1.82, 2.24) is 20.1 Å². The lowest BCUT2D eigenvalue weighted by molar-refractivity contribution is -0.137. The standard InChI is InChI=1S/C23H23F3N4O5/c1-3-33-17-5-7-18(8-6-17)34-11-10-27-21(31)14-35-22(32)19-13-29-30(15(19)2)20-9-4-16(12-28-20)23(24,25)26/h4-9,12-13H,3,10-11,14H2,1-2H3,(H,27,31). The van der Waals surface area contributed by atoms with E-state index < -0.39 is 30.2 Å². The third-order valence-corrected chi connectivity index (χ3v) is 4.68. The van der Waals surface area contributed by atoms with Crippen molar-refractivity contribution in [1.29, 1.82) is 0 Å². The molecule has 0 radical (unpaired) electrons. The average Bonchev–Trinajstić information content (AvgIpc) is 3.22. The van der Waals surface area contributed by atoms with E-state index in [0.717, 1.165) is 17.9 Å². The van der Waals surface area contributed by atoms with Gasteiger partial charge in [0.15, 0.2) is 12.4 Å². The molecule has 0 unspecified atom stereocenters. The summed E-state index contributed by atoms with van der Waals surface area (Å²) in [6, 6.07) is 9.05. The van der Waals surface area contributed by atoms with Crippen molar-refractivity contribution in [2.75, 3.05) is 26.4 Å². The Balaban J connectivity index is 1.44. The number of nitrogens with zero attached hydrogens (tertiary/aromatic N) is 3. The van der Waals surface area contributed by atoms with E-state index in [9.17, 15) is 22.8 Å². The van der Waals surface area contributed by atoms with E-state index in [2.05, 4.69) is 15.4 Å². The molecular formula is C23H23F3N4O5. The zero-order valence-electron chi connectivity index (χ0n) is 19.0. The van der Waals surface area contributed by atoms with E-state index in [1.807, 2.05) is 6.92 Å². The van der Waals surface area contributed by atoms with E-state index in [0.29, 0.717) is 24.2 Å². The predicted octanol–water partition coefficient (Wildman–Crippen LogP) is 3.35. The minimum absolute atomic E-state index is 0.0540. The number of carbonyl (C=O) groups is 2. The Bertz CT molecular complexity index is 1150. The number of halogens is 3. The first-order chi connectivity index (χ1) is 16.7. The molecule has 0 bridgehead atoms. The highest BCUT2D eigenvalue weighted by molar-refractivity contribution is 5.92. The predicted molar refractivity (Wildman–Crippen MR) is 117 cm³/mol. The number of pyridine rings is 1. The van der Waals surface area contributed by atoms with Crippen molar-refractivity contribution in [2.45, 2.75) is 20.0 Å². The van der Waals surface area contributed by atoms with E-state index >= 15 is 0 Å². The Hall–Kier alpha value is -4.09. The first kappa shape index (κ1) is 25.5. The number of hydrogen-bond acceptors (Lipinski definition) is 7. The molecule has 1 amide bonds. The van der Waals surface area contributed by atoms with Crippen molar-refractivity contribution in [3.8, 4) is 17.3 Å². The lowest BCUT2D eigenvalue weighted by atomic mass is 10.2. The molecule has 0 aliphatic rings. The molecule has 0 atom stereocenters. The second kappa shape index (κ2) is 11.4. The normalized spacial score (nSPS) is 11.1. The topological polar surface area (TPSA) is 105 Å². The lowest BCUT2D eigenvalue weighted by Crippen LogP contribution is -2.32. The number of carbonyl (C=O) groups excluding carboxylic acids is 2. The van der Waals surface area contributed by atoms with Crippen LogP contribution in [0.2, 0.25) is 0 Å². The second-order valence-electron chi connectivity index (χ2n) is 7.14. The monoisotopic (exact) mass is 492 g/mol. The smallest absolute Gasteiger partial charge is 0.417 e. The number of benzene rings is 1. The molecule has 0 saturated carbocycles. The van der Waals surface area contributed by atoms with Crippen molar-refractivity contribution in [3.63, 3.8) is 0 Å². The van der Waals surface area contributed by atoms with Crippen molar-refractivity contribution >= 4 is 11.9 Å².